The number of para-hydroxylation sites is 1. The molecule has 4 heterocycles. The fourth-order valence-corrected chi connectivity index (χ4v) is 14.6. The van der Waals surface area contributed by atoms with Crippen LogP contribution in [0.15, 0.2) is 156 Å². The van der Waals surface area contributed by atoms with Crippen LogP contribution in [0.4, 0.5) is 51.2 Å². The highest BCUT2D eigenvalue weighted by Crippen LogP contribution is 2.57. The molecule has 9 aromatic rings. The molecule has 14 rings (SSSR count). The molecule has 0 saturated carbocycles. The summed E-state index contributed by atoms with van der Waals surface area (Å²) < 4.78 is 7.56. The van der Waals surface area contributed by atoms with E-state index in [0.29, 0.717) is 0 Å². The van der Waals surface area contributed by atoms with Crippen LogP contribution < -0.4 is 31.3 Å². The van der Waals surface area contributed by atoms with E-state index in [9.17, 15) is 0 Å². The lowest BCUT2D eigenvalue weighted by Crippen LogP contribution is -2.61. The molecule has 0 amide bonds. The summed E-state index contributed by atoms with van der Waals surface area (Å²) in [6, 6.07) is 59.4. The highest BCUT2D eigenvalue weighted by molar-refractivity contribution is 7.00. The van der Waals surface area contributed by atoms with E-state index in [1.807, 2.05) is 0 Å². The van der Waals surface area contributed by atoms with Crippen LogP contribution in [0.3, 0.4) is 0 Å². The molecule has 384 valence electrons. The molecule has 0 N–H and O–H groups in total. The van der Waals surface area contributed by atoms with Gasteiger partial charge in [-0.05, 0) is 207 Å². The Morgan fingerprint density at radius 2 is 1.13 bits per heavy atom. The predicted octanol–water partition coefficient (Wildman–Crippen LogP) is 17.9. The molecule has 77 heavy (non-hydrogen) atoms. The van der Waals surface area contributed by atoms with Gasteiger partial charge in [0.05, 0.1) is 17.0 Å². The number of furan rings is 1. The monoisotopic (exact) mass is 1010 g/mol. The predicted molar refractivity (Wildman–Crippen MR) is 327 cm³/mol. The van der Waals surface area contributed by atoms with Crippen molar-refractivity contribution in [3.05, 3.63) is 202 Å². The summed E-state index contributed by atoms with van der Waals surface area (Å²) in [5.74, 6) is 0. The topological polar surface area (TPSA) is 22.9 Å². The van der Waals surface area contributed by atoms with E-state index in [2.05, 4.69) is 256 Å². The smallest absolute Gasteiger partial charge is 0.297 e. The first-order chi connectivity index (χ1) is 36.6. The van der Waals surface area contributed by atoms with Crippen LogP contribution in [0, 0.1) is 20.8 Å². The molecule has 1 unspecified atom stereocenters. The summed E-state index contributed by atoms with van der Waals surface area (Å²) in [6.45, 7) is 30.9. The molecule has 0 radical (unpaired) electrons. The molecule has 1 aromatic heterocycles. The fourth-order valence-electron chi connectivity index (χ4n) is 14.6. The van der Waals surface area contributed by atoms with Crippen LogP contribution in [-0.4, -0.2) is 6.71 Å². The Bertz CT molecular complexity index is 3980. The number of fused-ring (bicyclic) bond motifs is 13. The third kappa shape index (κ3) is 6.97. The van der Waals surface area contributed by atoms with Gasteiger partial charge >= 0.3 is 0 Å². The zero-order chi connectivity index (χ0) is 53.5. The van der Waals surface area contributed by atoms with Gasteiger partial charge in [0.25, 0.3) is 6.71 Å². The number of aryl methyl sites for hydroxylation is 3. The molecule has 4 nitrogen and oxygen atoms in total. The summed E-state index contributed by atoms with van der Waals surface area (Å²) in [6.07, 6.45) is 4.44. The Morgan fingerprint density at radius 1 is 0.481 bits per heavy atom. The van der Waals surface area contributed by atoms with Crippen molar-refractivity contribution < 1.29 is 4.42 Å². The molecular formula is C72H72BN3O. The van der Waals surface area contributed by atoms with E-state index >= 15 is 0 Å². The summed E-state index contributed by atoms with van der Waals surface area (Å²) in [5.41, 5.74) is 29.4. The maximum Gasteiger partial charge on any atom is 0.297 e. The fraction of sp³-hybridized carbons (Fsp3) is 0.306. The first kappa shape index (κ1) is 48.2. The summed E-state index contributed by atoms with van der Waals surface area (Å²) in [5, 5.41) is 1.16. The van der Waals surface area contributed by atoms with Crippen molar-refractivity contribution in [1.29, 1.82) is 0 Å². The van der Waals surface area contributed by atoms with Crippen molar-refractivity contribution in [1.82, 2.24) is 0 Å². The third-order valence-corrected chi connectivity index (χ3v) is 19.5. The molecule has 8 aromatic carbocycles. The molecule has 3 aliphatic heterocycles. The van der Waals surface area contributed by atoms with E-state index in [1.165, 1.54) is 118 Å². The van der Waals surface area contributed by atoms with E-state index in [-0.39, 0.29) is 33.8 Å². The van der Waals surface area contributed by atoms with Crippen LogP contribution in [-0.2, 0) is 27.1 Å². The number of anilines is 9. The summed E-state index contributed by atoms with van der Waals surface area (Å²) in [7, 11) is 0. The number of rotatable bonds is 3. The standard InChI is InChI=1S/C72H72BN3O/c1-43-35-62-65-63(36-43)76-60-42-56-55(41-51(60)46-20-15-14-16-21-46)71(11,12)33-34-72(56,13)48-24-23-45(3)59(38-48)74(58-22-18-17-19-44(58)2)50-27-29-57(61(76)40-50)73(65)67-66(52-37-47(68(4,5)6)25-30-64(52)77-67)75(62)49-26-28-53-54(39-49)70(9,10)32-31-69(53,7)8/h14-30,35-42H,31-34H2,1-13H3. The number of benzene rings is 8. The van der Waals surface area contributed by atoms with Crippen molar-refractivity contribution in [3.63, 3.8) is 0 Å². The third-order valence-electron chi connectivity index (χ3n) is 19.5. The average molecular weight is 1010 g/mol. The highest BCUT2D eigenvalue weighted by Gasteiger charge is 2.50. The molecule has 1 atom stereocenters. The van der Waals surface area contributed by atoms with Crippen LogP contribution in [0.25, 0.3) is 22.1 Å². The van der Waals surface area contributed by atoms with Crippen molar-refractivity contribution in [3.8, 4) is 11.1 Å². The van der Waals surface area contributed by atoms with Crippen molar-refractivity contribution in [2.75, 3.05) is 14.7 Å². The van der Waals surface area contributed by atoms with Crippen LogP contribution >= 0.6 is 0 Å². The Morgan fingerprint density at radius 3 is 1.87 bits per heavy atom. The van der Waals surface area contributed by atoms with Gasteiger partial charge in [0.1, 0.15) is 5.58 Å². The van der Waals surface area contributed by atoms with Crippen molar-refractivity contribution >= 4 is 85.5 Å². The van der Waals surface area contributed by atoms with Gasteiger partial charge in [-0.3, -0.25) is 0 Å². The minimum Gasteiger partial charge on any atom is -0.468 e. The van der Waals surface area contributed by atoms with E-state index < -0.39 is 0 Å². The minimum absolute atomic E-state index is 0.0242. The first-order valence-corrected chi connectivity index (χ1v) is 28.5. The molecule has 5 heteroatoms. The van der Waals surface area contributed by atoms with Crippen LogP contribution in [0.2, 0.25) is 0 Å². The van der Waals surface area contributed by atoms with Gasteiger partial charge in [0, 0.05) is 56.2 Å². The SMILES string of the molecule is Cc1cc2c3c(c1)N(c1ccc4c(c1)C(C)(C)CCC4(C)C)c1c(oc4ccc(C(C)(C)C)cc14)B3c1ccc3cc1N2c1cc2c(cc1-c1ccccc1)C(C)(C)CCC2(C)c1ccc(C)c(c1)N3c1ccccc1C. The van der Waals surface area contributed by atoms with Gasteiger partial charge in [0.15, 0.2) is 0 Å². The Kier molecular flexibility index (Phi) is 10.1. The molecule has 5 aliphatic rings. The van der Waals surface area contributed by atoms with Crippen LogP contribution in [0.1, 0.15) is 145 Å². The lowest BCUT2D eigenvalue weighted by Gasteiger charge is -2.47. The van der Waals surface area contributed by atoms with Gasteiger partial charge in [-0.1, -0.05) is 148 Å². The maximum absolute atomic E-state index is 7.56. The van der Waals surface area contributed by atoms with Gasteiger partial charge < -0.3 is 19.1 Å². The number of hydrogen-bond donors (Lipinski definition) is 0. The quantitative estimate of drug-likeness (QED) is 0.165. The Labute approximate surface area is 457 Å². The number of hydrogen-bond acceptors (Lipinski definition) is 4. The number of nitrogens with zero attached hydrogens (tertiary/aromatic N) is 3. The second kappa shape index (κ2) is 16.2. The zero-order valence-corrected chi connectivity index (χ0v) is 47.6. The van der Waals surface area contributed by atoms with Crippen LogP contribution in [0.5, 0.6) is 0 Å². The largest absolute Gasteiger partial charge is 0.468 e. The van der Waals surface area contributed by atoms with Crippen molar-refractivity contribution in [2.45, 2.75) is 143 Å². The summed E-state index contributed by atoms with van der Waals surface area (Å²) in [4.78, 5) is 7.85. The van der Waals surface area contributed by atoms with Gasteiger partial charge in [-0.25, -0.2) is 0 Å². The molecule has 2 aliphatic carbocycles. The average Bonchev–Trinajstić information content (AvgIpc) is 4.04. The zero-order valence-electron chi connectivity index (χ0n) is 47.6. The van der Waals surface area contributed by atoms with Crippen molar-refractivity contribution in [2.24, 2.45) is 0 Å². The molecular weight excluding hydrogens is 934 g/mol. The van der Waals surface area contributed by atoms with E-state index in [0.717, 1.165) is 47.3 Å². The Hall–Kier alpha value is -7.24. The van der Waals surface area contributed by atoms with E-state index in [4.69, 9.17) is 4.42 Å². The molecule has 0 saturated heterocycles. The summed E-state index contributed by atoms with van der Waals surface area (Å²) >= 11 is 0. The second-order valence-corrected chi connectivity index (χ2v) is 27.0. The Balaban J connectivity index is 1.14. The second-order valence-electron chi connectivity index (χ2n) is 27.0. The lowest BCUT2D eigenvalue weighted by atomic mass is 9.35. The maximum atomic E-state index is 7.56. The van der Waals surface area contributed by atoms with Gasteiger partial charge in [-0.15, -0.1) is 0 Å². The normalized spacial score (nSPS) is 19.0. The first-order valence-electron chi connectivity index (χ1n) is 28.5. The highest BCUT2D eigenvalue weighted by atomic mass is 16.3. The minimum atomic E-state index is -0.268. The molecule has 0 spiro atoms. The molecule has 6 bridgehead atoms. The lowest BCUT2D eigenvalue weighted by molar-refractivity contribution is 0.332. The molecule has 0 fully saturated rings. The van der Waals surface area contributed by atoms with E-state index in [1.54, 1.807) is 0 Å². The van der Waals surface area contributed by atoms with Gasteiger partial charge in [-0.2, -0.15) is 0 Å². The van der Waals surface area contributed by atoms with Gasteiger partial charge in [0.2, 0.25) is 0 Å².